The van der Waals surface area contributed by atoms with Gasteiger partial charge in [-0.3, -0.25) is 4.79 Å². The van der Waals surface area contributed by atoms with E-state index in [0.717, 1.165) is 12.8 Å². The highest BCUT2D eigenvalue weighted by Crippen LogP contribution is 2.07. The summed E-state index contributed by atoms with van der Waals surface area (Å²) in [6, 6.07) is 0.00541. The topological polar surface area (TPSA) is 88.2 Å². The molecule has 0 radical (unpaired) electrons. The maximum Gasteiger partial charge on any atom is 0.227 e. The van der Waals surface area contributed by atoms with Crippen LogP contribution in [0.1, 0.15) is 51.7 Å². The quantitative estimate of drug-likeness (QED) is 0.716. The molecule has 0 bridgehead atoms. The molecular weight excluding hydrogens is 258 g/mol. The average Bonchev–Trinajstić information content (AvgIpc) is 2.84. The van der Waals surface area contributed by atoms with E-state index < -0.39 is 0 Å². The number of hydrogen-bond donors (Lipinski definition) is 2. The predicted octanol–water partition coefficient (Wildman–Crippen LogP) is 1.48. The minimum absolute atomic E-state index is 0.00541. The van der Waals surface area contributed by atoms with Gasteiger partial charge in [0, 0.05) is 31.9 Å². The SMILES string of the molecule is CCCc1noc(CCC(=O)NC(CCO)C(C)C)n1. The molecule has 0 aromatic carbocycles. The standard InChI is InChI=1S/C14H25N3O3/c1-4-5-12-16-14(20-17-12)7-6-13(19)15-11(8-9-18)10(2)3/h10-11,18H,4-9H2,1-3H3,(H,15,19). The Hall–Kier alpha value is -1.43. The van der Waals surface area contributed by atoms with Crippen LogP contribution in [0.15, 0.2) is 4.52 Å². The first kappa shape index (κ1) is 16.6. The molecule has 1 rings (SSSR count). The van der Waals surface area contributed by atoms with E-state index in [9.17, 15) is 4.79 Å². The minimum Gasteiger partial charge on any atom is -0.396 e. The first-order valence-electron chi connectivity index (χ1n) is 7.28. The van der Waals surface area contributed by atoms with Gasteiger partial charge >= 0.3 is 0 Å². The van der Waals surface area contributed by atoms with E-state index in [4.69, 9.17) is 9.63 Å². The van der Waals surface area contributed by atoms with Crippen molar-refractivity contribution in [2.75, 3.05) is 6.61 Å². The van der Waals surface area contributed by atoms with Gasteiger partial charge in [-0.1, -0.05) is 25.9 Å². The number of amides is 1. The number of aliphatic hydroxyl groups is 1. The summed E-state index contributed by atoms with van der Waals surface area (Å²) in [5, 5.41) is 15.8. The number of carbonyl (C=O) groups is 1. The fraction of sp³-hybridized carbons (Fsp3) is 0.786. The molecule has 0 fully saturated rings. The molecule has 0 aliphatic rings. The lowest BCUT2D eigenvalue weighted by atomic mass is 10.0. The molecular formula is C14H25N3O3. The molecule has 6 heteroatoms. The van der Waals surface area contributed by atoms with E-state index >= 15 is 0 Å². The van der Waals surface area contributed by atoms with Crippen LogP contribution in [0.4, 0.5) is 0 Å². The van der Waals surface area contributed by atoms with Crippen LogP contribution in [0.3, 0.4) is 0 Å². The van der Waals surface area contributed by atoms with E-state index in [1.54, 1.807) is 0 Å². The first-order valence-corrected chi connectivity index (χ1v) is 7.28. The number of aromatic nitrogens is 2. The van der Waals surface area contributed by atoms with Crippen LogP contribution in [-0.4, -0.2) is 33.8 Å². The molecule has 0 spiro atoms. The number of aryl methyl sites for hydroxylation is 2. The Morgan fingerprint density at radius 2 is 2.15 bits per heavy atom. The molecule has 1 heterocycles. The van der Waals surface area contributed by atoms with Crippen molar-refractivity contribution >= 4 is 5.91 Å². The second-order valence-corrected chi connectivity index (χ2v) is 5.28. The van der Waals surface area contributed by atoms with Crippen LogP contribution in [-0.2, 0) is 17.6 Å². The van der Waals surface area contributed by atoms with Crippen molar-refractivity contribution < 1.29 is 14.4 Å². The molecule has 6 nitrogen and oxygen atoms in total. The number of hydrogen-bond acceptors (Lipinski definition) is 5. The summed E-state index contributed by atoms with van der Waals surface area (Å²) in [6.07, 6.45) is 3.11. The lowest BCUT2D eigenvalue weighted by Crippen LogP contribution is -2.39. The normalized spacial score (nSPS) is 12.7. The Balaban J connectivity index is 2.37. The zero-order valence-electron chi connectivity index (χ0n) is 12.6. The molecule has 1 atom stereocenters. The van der Waals surface area contributed by atoms with E-state index in [2.05, 4.69) is 22.4 Å². The Morgan fingerprint density at radius 3 is 2.75 bits per heavy atom. The molecule has 1 amide bonds. The molecule has 0 aliphatic heterocycles. The van der Waals surface area contributed by atoms with E-state index in [1.165, 1.54) is 0 Å². The molecule has 1 unspecified atom stereocenters. The second-order valence-electron chi connectivity index (χ2n) is 5.28. The van der Waals surface area contributed by atoms with Crippen LogP contribution >= 0.6 is 0 Å². The third-order valence-electron chi connectivity index (χ3n) is 3.14. The third-order valence-corrected chi connectivity index (χ3v) is 3.14. The minimum atomic E-state index is -0.0487. The van der Waals surface area contributed by atoms with Crippen molar-refractivity contribution in [3.05, 3.63) is 11.7 Å². The number of aliphatic hydroxyl groups excluding tert-OH is 1. The number of rotatable bonds is 9. The molecule has 1 aromatic heterocycles. The summed E-state index contributed by atoms with van der Waals surface area (Å²) in [5.41, 5.74) is 0. The predicted molar refractivity (Wildman–Crippen MR) is 75.1 cm³/mol. The molecule has 1 aromatic rings. The zero-order chi connectivity index (χ0) is 15.0. The van der Waals surface area contributed by atoms with Gasteiger partial charge in [0.15, 0.2) is 5.82 Å². The summed E-state index contributed by atoms with van der Waals surface area (Å²) >= 11 is 0. The fourth-order valence-corrected chi connectivity index (χ4v) is 1.93. The summed E-state index contributed by atoms with van der Waals surface area (Å²) in [6.45, 7) is 6.18. The van der Waals surface area contributed by atoms with Gasteiger partial charge < -0.3 is 14.9 Å². The molecule has 0 saturated carbocycles. The van der Waals surface area contributed by atoms with Gasteiger partial charge in [0.2, 0.25) is 11.8 Å². The van der Waals surface area contributed by atoms with Crippen LogP contribution < -0.4 is 5.32 Å². The average molecular weight is 283 g/mol. The van der Waals surface area contributed by atoms with Crippen LogP contribution in [0.2, 0.25) is 0 Å². The smallest absolute Gasteiger partial charge is 0.227 e. The van der Waals surface area contributed by atoms with Crippen molar-refractivity contribution in [3.63, 3.8) is 0 Å². The second kappa shape index (κ2) is 8.68. The van der Waals surface area contributed by atoms with Crippen LogP contribution in [0.5, 0.6) is 0 Å². The first-order chi connectivity index (χ1) is 9.56. The monoisotopic (exact) mass is 283 g/mol. The van der Waals surface area contributed by atoms with Crippen molar-refractivity contribution in [1.82, 2.24) is 15.5 Å². The van der Waals surface area contributed by atoms with Crippen molar-refractivity contribution in [3.8, 4) is 0 Å². The summed E-state index contributed by atoms with van der Waals surface area (Å²) in [7, 11) is 0. The molecule has 0 saturated heterocycles. The highest BCUT2D eigenvalue weighted by molar-refractivity contribution is 5.76. The van der Waals surface area contributed by atoms with Crippen molar-refractivity contribution in [2.45, 2.75) is 58.9 Å². The summed E-state index contributed by atoms with van der Waals surface area (Å²) in [5.74, 6) is 1.45. The van der Waals surface area contributed by atoms with Gasteiger partial charge in [-0.05, 0) is 18.8 Å². The molecule has 114 valence electrons. The Bertz CT molecular complexity index is 404. The van der Waals surface area contributed by atoms with Gasteiger partial charge in [0.05, 0.1) is 0 Å². The van der Waals surface area contributed by atoms with E-state index in [-0.39, 0.29) is 18.6 Å². The number of carbonyl (C=O) groups excluding carboxylic acids is 1. The maximum atomic E-state index is 11.9. The van der Waals surface area contributed by atoms with Gasteiger partial charge in [-0.2, -0.15) is 4.98 Å². The molecule has 0 aliphatic carbocycles. The van der Waals surface area contributed by atoms with E-state index in [1.807, 2.05) is 13.8 Å². The van der Waals surface area contributed by atoms with Crippen LogP contribution in [0, 0.1) is 5.92 Å². The number of nitrogens with zero attached hydrogens (tertiary/aromatic N) is 2. The highest BCUT2D eigenvalue weighted by atomic mass is 16.5. The Morgan fingerprint density at radius 1 is 1.40 bits per heavy atom. The zero-order valence-corrected chi connectivity index (χ0v) is 12.6. The van der Waals surface area contributed by atoms with E-state index in [0.29, 0.717) is 36.9 Å². The van der Waals surface area contributed by atoms with Gasteiger partial charge in [-0.25, -0.2) is 0 Å². The summed E-state index contributed by atoms with van der Waals surface area (Å²) < 4.78 is 5.09. The third kappa shape index (κ3) is 5.69. The molecule has 2 N–H and O–H groups in total. The maximum absolute atomic E-state index is 11.9. The van der Waals surface area contributed by atoms with Crippen LogP contribution in [0.25, 0.3) is 0 Å². The van der Waals surface area contributed by atoms with Gasteiger partial charge in [0.1, 0.15) is 0 Å². The molecule has 20 heavy (non-hydrogen) atoms. The van der Waals surface area contributed by atoms with Gasteiger partial charge in [-0.15, -0.1) is 0 Å². The highest BCUT2D eigenvalue weighted by Gasteiger charge is 2.16. The van der Waals surface area contributed by atoms with Crippen molar-refractivity contribution in [1.29, 1.82) is 0 Å². The Kier molecular flexibility index (Phi) is 7.22. The van der Waals surface area contributed by atoms with Crippen molar-refractivity contribution in [2.24, 2.45) is 5.92 Å². The lowest BCUT2D eigenvalue weighted by Gasteiger charge is -2.21. The Labute approximate surface area is 120 Å². The number of nitrogens with one attached hydrogen (secondary N) is 1. The lowest BCUT2D eigenvalue weighted by molar-refractivity contribution is -0.122. The van der Waals surface area contributed by atoms with Gasteiger partial charge in [0.25, 0.3) is 0 Å². The summed E-state index contributed by atoms with van der Waals surface area (Å²) in [4.78, 5) is 16.1. The largest absolute Gasteiger partial charge is 0.396 e. The fourth-order valence-electron chi connectivity index (χ4n) is 1.93.